The van der Waals surface area contributed by atoms with Crippen LogP contribution in [0.3, 0.4) is 0 Å². The molecule has 0 unspecified atom stereocenters. The molecule has 0 radical (unpaired) electrons. The molecule has 9 rings (SSSR count). The Morgan fingerprint density at radius 1 is 0.486 bits per heavy atom. The van der Waals surface area contributed by atoms with E-state index >= 15 is 0 Å². The van der Waals surface area contributed by atoms with Crippen LogP contribution in [0.5, 0.6) is 11.5 Å². The van der Waals surface area contributed by atoms with E-state index in [0.717, 1.165) is 51.1 Å². The topological polar surface area (TPSA) is 114 Å². The number of carbonyl (C=O) groups is 2. The van der Waals surface area contributed by atoms with Gasteiger partial charge in [0.05, 0.1) is 10.6 Å². The van der Waals surface area contributed by atoms with Crippen molar-refractivity contribution in [3.05, 3.63) is 243 Å². The summed E-state index contributed by atoms with van der Waals surface area (Å²) in [5.41, 5.74) is 12.6. The number of aromatic nitrogens is 3. The van der Waals surface area contributed by atoms with Gasteiger partial charge < -0.3 is 27.9 Å². The second-order valence-corrected chi connectivity index (χ2v) is 19.0. The molecule has 1 N–H and O–H groups in total. The number of halogens is 2. The average molecular weight is 992 g/mol. The van der Waals surface area contributed by atoms with Crippen molar-refractivity contribution >= 4 is 50.9 Å². The Bertz CT molecular complexity index is 3320. The molecule has 13 heteroatoms. The largest absolute Gasteiger partial charge is 0.423 e. The van der Waals surface area contributed by atoms with Gasteiger partial charge in [-0.25, -0.2) is 4.79 Å². The van der Waals surface area contributed by atoms with E-state index in [1.54, 1.807) is 72.8 Å². The highest BCUT2D eigenvalue weighted by atomic mass is 35.5. The van der Waals surface area contributed by atoms with Crippen LogP contribution in [-0.2, 0) is 10.1 Å². The normalized spacial score (nSPS) is 10.9. The summed E-state index contributed by atoms with van der Waals surface area (Å²) in [6, 6.07) is 55.1. The van der Waals surface area contributed by atoms with Crippen molar-refractivity contribution in [2.75, 3.05) is 5.32 Å². The number of hydrogen-bond donors (Lipinski definition) is 1. The molecule has 0 saturated heterocycles. The maximum atomic E-state index is 12.3. The third-order valence-electron chi connectivity index (χ3n) is 11.3. The predicted molar refractivity (Wildman–Crippen MR) is 281 cm³/mol. The lowest BCUT2D eigenvalue weighted by molar-refractivity contribution is 0.0734. The number of aryl methyl sites for hydroxylation is 7. The summed E-state index contributed by atoms with van der Waals surface area (Å²) in [6.45, 7) is 14.2. The second kappa shape index (κ2) is 22.2. The molecule has 356 valence electrons. The zero-order chi connectivity index (χ0) is 50.1. The maximum absolute atomic E-state index is 12.3. The van der Waals surface area contributed by atoms with E-state index in [9.17, 15) is 18.0 Å². The fourth-order valence-corrected chi connectivity index (χ4v) is 9.17. The van der Waals surface area contributed by atoms with E-state index in [2.05, 4.69) is 57.1 Å². The Hall–Kier alpha value is -7.57. The molecule has 0 aliphatic carbocycles. The number of carbonyl (C=O) groups excluding carboxylic acids is 2. The van der Waals surface area contributed by atoms with Crippen molar-refractivity contribution < 1.29 is 26.9 Å². The molecule has 0 spiro atoms. The highest BCUT2D eigenvalue weighted by Crippen LogP contribution is 2.26. The summed E-state index contributed by atoms with van der Waals surface area (Å²) in [4.78, 5) is 24.6. The van der Waals surface area contributed by atoms with Crippen LogP contribution in [0, 0.1) is 48.5 Å². The van der Waals surface area contributed by atoms with Gasteiger partial charge in [0.25, 0.3) is 5.91 Å². The van der Waals surface area contributed by atoms with E-state index in [-0.39, 0.29) is 21.4 Å². The van der Waals surface area contributed by atoms with Gasteiger partial charge in [-0.2, -0.15) is 8.42 Å². The minimum atomic E-state index is -3.82. The van der Waals surface area contributed by atoms with Crippen LogP contribution in [0.1, 0.15) is 60.4 Å². The van der Waals surface area contributed by atoms with Gasteiger partial charge in [-0.05, 0) is 194 Å². The Morgan fingerprint density at radius 2 is 0.971 bits per heavy atom. The van der Waals surface area contributed by atoms with Crippen LogP contribution in [0.2, 0.25) is 10.0 Å². The number of amides is 1. The monoisotopic (exact) mass is 990 g/mol. The lowest BCUT2D eigenvalue weighted by Crippen LogP contribution is -2.12. The highest BCUT2D eigenvalue weighted by Gasteiger charge is 2.17. The van der Waals surface area contributed by atoms with Crippen molar-refractivity contribution in [3.8, 4) is 28.6 Å². The van der Waals surface area contributed by atoms with Gasteiger partial charge in [0.1, 0.15) is 16.4 Å². The van der Waals surface area contributed by atoms with E-state index in [0.29, 0.717) is 22.1 Å². The van der Waals surface area contributed by atoms with Gasteiger partial charge in [0.15, 0.2) is 0 Å². The standard InChI is InChI=1S/C19H15Cl2NO2.C19H18N2O.C19H19NO3S/c1-12-3-4-13(2)22(12)15-6-8-16(9-7-15)24-19(23)17-10-5-14(20)11-18(17)21;1-14-11-12-15(2)21(14)18-10-6-9-17(13-18)20-19(22)16-7-4-3-5-8-16;1-14-4-12-19(13-5-14)24(21,22)23-18-10-8-17(9-11-18)20-15(2)6-7-16(20)3/h3-11H,1-2H3;3-13H,1-2H3,(H,20,22);4-13H,1-3H3. The number of ether oxygens (including phenoxy) is 1. The Labute approximate surface area is 419 Å². The number of hydrogen-bond acceptors (Lipinski definition) is 6. The van der Waals surface area contributed by atoms with Crippen molar-refractivity contribution in [3.63, 3.8) is 0 Å². The summed E-state index contributed by atoms with van der Waals surface area (Å²) in [7, 11) is -3.82. The fourth-order valence-electron chi connectivity index (χ4n) is 7.75. The minimum absolute atomic E-state index is 0.0984. The van der Waals surface area contributed by atoms with Crippen LogP contribution in [0.15, 0.2) is 187 Å². The van der Waals surface area contributed by atoms with Crippen molar-refractivity contribution in [2.45, 2.75) is 53.4 Å². The Kier molecular flexibility index (Phi) is 16.0. The number of anilines is 1. The number of esters is 1. The van der Waals surface area contributed by atoms with Crippen LogP contribution in [0.25, 0.3) is 17.1 Å². The molecular weight excluding hydrogens is 940 g/mol. The molecular formula is C57H52Cl2N4O6S. The summed E-state index contributed by atoms with van der Waals surface area (Å²) in [5, 5.41) is 3.68. The maximum Gasteiger partial charge on any atom is 0.345 e. The van der Waals surface area contributed by atoms with Crippen molar-refractivity contribution in [2.24, 2.45) is 0 Å². The van der Waals surface area contributed by atoms with E-state index in [4.69, 9.17) is 32.1 Å². The van der Waals surface area contributed by atoms with Crippen molar-refractivity contribution in [1.29, 1.82) is 0 Å². The van der Waals surface area contributed by atoms with Crippen molar-refractivity contribution in [1.82, 2.24) is 13.7 Å². The van der Waals surface area contributed by atoms with E-state index < -0.39 is 16.1 Å². The molecule has 0 fully saturated rings. The van der Waals surface area contributed by atoms with Crippen LogP contribution < -0.4 is 14.2 Å². The zero-order valence-electron chi connectivity index (χ0n) is 39.8. The quantitative estimate of drug-likeness (QED) is 0.0829. The first-order chi connectivity index (χ1) is 33.5. The molecule has 6 aromatic carbocycles. The van der Waals surface area contributed by atoms with E-state index in [1.165, 1.54) is 17.5 Å². The summed E-state index contributed by atoms with van der Waals surface area (Å²) >= 11 is 11.9. The van der Waals surface area contributed by atoms with Gasteiger partial charge in [0.2, 0.25) is 0 Å². The molecule has 1 amide bonds. The third kappa shape index (κ3) is 12.4. The van der Waals surface area contributed by atoms with Crippen LogP contribution in [-0.4, -0.2) is 34.0 Å². The number of nitrogens with zero attached hydrogens (tertiary/aromatic N) is 3. The molecule has 0 atom stereocenters. The molecule has 9 aromatic rings. The number of rotatable bonds is 10. The molecule has 0 saturated carbocycles. The molecule has 70 heavy (non-hydrogen) atoms. The Balaban J connectivity index is 0.000000155. The molecule has 0 aliphatic heterocycles. The van der Waals surface area contributed by atoms with E-state index in [1.807, 2.05) is 113 Å². The lowest BCUT2D eigenvalue weighted by atomic mass is 10.2. The van der Waals surface area contributed by atoms with Gasteiger partial charge in [0, 0.05) is 67.5 Å². The third-order valence-corrected chi connectivity index (χ3v) is 13.1. The number of nitrogens with one attached hydrogen (secondary N) is 1. The smallest absolute Gasteiger partial charge is 0.345 e. The zero-order valence-corrected chi connectivity index (χ0v) is 42.1. The minimum Gasteiger partial charge on any atom is -0.423 e. The molecule has 3 aromatic heterocycles. The summed E-state index contributed by atoms with van der Waals surface area (Å²) < 4.78 is 41.6. The highest BCUT2D eigenvalue weighted by molar-refractivity contribution is 7.87. The average Bonchev–Trinajstić information content (AvgIpc) is 3.99. The predicted octanol–water partition coefficient (Wildman–Crippen LogP) is 14.1. The first-order valence-electron chi connectivity index (χ1n) is 22.3. The van der Waals surface area contributed by atoms with Crippen LogP contribution in [0.4, 0.5) is 5.69 Å². The van der Waals surface area contributed by atoms with Gasteiger partial charge in [-0.1, -0.05) is 65.2 Å². The first-order valence-corrected chi connectivity index (χ1v) is 24.4. The fraction of sp³-hybridized carbons (Fsp3) is 0.123. The van der Waals surface area contributed by atoms with Gasteiger partial charge >= 0.3 is 16.1 Å². The SMILES string of the molecule is Cc1ccc(C)n1-c1ccc(OC(=O)c2ccc(Cl)cc2Cl)cc1.Cc1ccc(C)n1-c1cccc(NC(=O)c2ccccc2)c1.Cc1ccc(S(=O)(=O)Oc2ccc(-n3c(C)ccc3C)cc2)cc1. The summed E-state index contributed by atoms with van der Waals surface area (Å²) in [5.74, 6) is 0.135. The molecule has 10 nitrogen and oxygen atoms in total. The molecule has 3 heterocycles. The molecule has 0 aliphatic rings. The summed E-state index contributed by atoms with van der Waals surface area (Å²) in [6.07, 6.45) is 0. The number of benzene rings is 6. The van der Waals surface area contributed by atoms with Gasteiger partial charge in [-0.15, -0.1) is 0 Å². The Morgan fingerprint density at radius 3 is 1.47 bits per heavy atom. The lowest BCUT2D eigenvalue weighted by Gasteiger charge is -2.12. The second-order valence-electron chi connectivity index (χ2n) is 16.6. The van der Waals surface area contributed by atoms with Crippen LogP contribution >= 0.6 is 23.2 Å². The first kappa shape index (κ1) is 50.3. The molecule has 0 bridgehead atoms. The van der Waals surface area contributed by atoms with Gasteiger partial charge in [-0.3, -0.25) is 4.79 Å².